The summed E-state index contributed by atoms with van der Waals surface area (Å²) in [4.78, 5) is 1.28. The van der Waals surface area contributed by atoms with Crippen molar-refractivity contribution in [1.29, 1.82) is 0 Å². The number of fused-ring (bicyclic) bond motifs is 1. The summed E-state index contributed by atoms with van der Waals surface area (Å²) in [5.41, 5.74) is 0. The molecule has 2 aromatic carbocycles. The van der Waals surface area contributed by atoms with Crippen LogP contribution < -0.4 is 5.32 Å². The number of aromatic hydroxyl groups is 1. The Kier molecular flexibility index (Phi) is 4.48. The number of hydrogen-bond donors (Lipinski definition) is 2. The van der Waals surface area contributed by atoms with E-state index in [0.717, 1.165) is 17.1 Å². The minimum absolute atomic E-state index is 0.376. The van der Waals surface area contributed by atoms with Gasteiger partial charge < -0.3 is 10.4 Å². The third-order valence-corrected chi connectivity index (χ3v) is 5.15. The quantitative estimate of drug-likeness (QED) is 0.833. The van der Waals surface area contributed by atoms with Crippen LogP contribution in [0.3, 0.4) is 0 Å². The fourth-order valence-corrected chi connectivity index (χ4v) is 4.06. The molecule has 2 nitrogen and oxygen atoms in total. The number of phenols is 1. The van der Waals surface area contributed by atoms with Gasteiger partial charge in [0, 0.05) is 10.3 Å². The minimum Gasteiger partial charge on any atom is -0.507 e. The summed E-state index contributed by atoms with van der Waals surface area (Å²) in [6.07, 6.45) is 3.95. The lowest BCUT2D eigenvalue weighted by molar-refractivity contribution is 0.371. The molecule has 1 unspecified atom stereocenters. The maximum Gasteiger partial charge on any atom is 0.123 e. The van der Waals surface area contributed by atoms with Crippen LogP contribution >= 0.6 is 11.8 Å². The average Bonchev–Trinajstić information content (AvgIpc) is 2.51. The fourth-order valence-electron chi connectivity index (χ4n) is 2.89. The summed E-state index contributed by atoms with van der Waals surface area (Å²) in [6, 6.07) is 12.0. The first-order valence-electron chi connectivity index (χ1n) is 7.39. The zero-order chi connectivity index (χ0) is 13.8. The van der Waals surface area contributed by atoms with Crippen LogP contribution in [0.5, 0.6) is 5.75 Å². The molecule has 0 aliphatic carbocycles. The number of nitrogens with one attached hydrogen (secondary N) is 1. The summed E-state index contributed by atoms with van der Waals surface area (Å²) in [5, 5.41) is 15.5. The van der Waals surface area contributed by atoms with Gasteiger partial charge in [-0.3, -0.25) is 0 Å². The Bertz CT molecular complexity index is 578. The zero-order valence-corrected chi connectivity index (χ0v) is 12.5. The highest BCUT2D eigenvalue weighted by Gasteiger charge is 2.13. The normalized spacial score (nSPS) is 19.3. The van der Waals surface area contributed by atoms with E-state index in [2.05, 4.69) is 11.4 Å². The minimum atomic E-state index is 0.376. The van der Waals surface area contributed by atoms with Crippen molar-refractivity contribution in [3.8, 4) is 5.75 Å². The van der Waals surface area contributed by atoms with Crippen LogP contribution in [0.4, 0.5) is 0 Å². The molecule has 3 rings (SSSR count). The van der Waals surface area contributed by atoms with Crippen LogP contribution in [-0.2, 0) is 0 Å². The first kappa shape index (κ1) is 13.8. The molecule has 2 aromatic rings. The van der Waals surface area contributed by atoms with E-state index in [1.165, 1.54) is 42.6 Å². The molecule has 0 bridgehead atoms. The van der Waals surface area contributed by atoms with Gasteiger partial charge in [0.1, 0.15) is 5.75 Å². The molecule has 1 aliphatic rings. The van der Waals surface area contributed by atoms with E-state index in [9.17, 15) is 5.11 Å². The van der Waals surface area contributed by atoms with Crippen molar-refractivity contribution < 1.29 is 5.11 Å². The Hall–Kier alpha value is -1.19. The molecule has 3 heteroatoms. The van der Waals surface area contributed by atoms with Crippen LogP contribution in [0.2, 0.25) is 0 Å². The van der Waals surface area contributed by atoms with Crippen LogP contribution in [0.25, 0.3) is 10.8 Å². The second kappa shape index (κ2) is 6.51. The van der Waals surface area contributed by atoms with E-state index in [1.54, 1.807) is 0 Å². The van der Waals surface area contributed by atoms with Crippen molar-refractivity contribution in [2.45, 2.75) is 24.2 Å². The highest BCUT2D eigenvalue weighted by atomic mass is 32.2. The van der Waals surface area contributed by atoms with Crippen molar-refractivity contribution in [3.63, 3.8) is 0 Å². The predicted molar refractivity (Wildman–Crippen MR) is 86.5 cm³/mol. The van der Waals surface area contributed by atoms with Crippen LogP contribution in [0.1, 0.15) is 19.3 Å². The summed E-state index contributed by atoms with van der Waals surface area (Å²) in [6.45, 7) is 2.36. The fraction of sp³-hybridized carbons (Fsp3) is 0.412. The third-order valence-electron chi connectivity index (χ3n) is 4.04. The molecule has 0 aromatic heterocycles. The van der Waals surface area contributed by atoms with Crippen molar-refractivity contribution in [3.05, 3.63) is 36.4 Å². The zero-order valence-electron chi connectivity index (χ0n) is 11.6. The lowest BCUT2D eigenvalue weighted by atomic mass is 9.97. The smallest absolute Gasteiger partial charge is 0.123 e. The molecular formula is C17H21NOS. The van der Waals surface area contributed by atoms with Gasteiger partial charge >= 0.3 is 0 Å². The average molecular weight is 287 g/mol. The van der Waals surface area contributed by atoms with Gasteiger partial charge in [-0.15, -0.1) is 11.8 Å². The van der Waals surface area contributed by atoms with E-state index in [4.69, 9.17) is 0 Å². The topological polar surface area (TPSA) is 32.3 Å². The molecule has 1 fully saturated rings. The molecule has 20 heavy (non-hydrogen) atoms. The maximum atomic E-state index is 9.91. The van der Waals surface area contributed by atoms with Gasteiger partial charge in [0.15, 0.2) is 0 Å². The van der Waals surface area contributed by atoms with Crippen molar-refractivity contribution in [2.24, 2.45) is 5.92 Å². The van der Waals surface area contributed by atoms with Gasteiger partial charge in [0.2, 0.25) is 0 Å². The predicted octanol–water partition coefficient (Wildman–Crippen LogP) is 4.03. The molecule has 2 N–H and O–H groups in total. The molecule has 106 valence electrons. The standard InChI is InChI=1S/C17H21NOS/c19-16-7-8-17(15-6-2-1-5-14(15)16)20-11-9-13-4-3-10-18-12-13/h1-2,5-8,13,18-19H,3-4,9-12H2. The molecule has 0 radical (unpaired) electrons. The van der Waals surface area contributed by atoms with E-state index in [0.29, 0.717) is 5.75 Å². The largest absolute Gasteiger partial charge is 0.507 e. The number of piperidine rings is 1. The van der Waals surface area contributed by atoms with Gasteiger partial charge in [-0.1, -0.05) is 24.3 Å². The van der Waals surface area contributed by atoms with E-state index >= 15 is 0 Å². The van der Waals surface area contributed by atoms with E-state index in [-0.39, 0.29) is 0 Å². The van der Waals surface area contributed by atoms with Gasteiger partial charge in [0.05, 0.1) is 0 Å². The van der Waals surface area contributed by atoms with Gasteiger partial charge in [-0.05, 0) is 61.5 Å². The first-order chi connectivity index (χ1) is 9.84. The maximum absolute atomic E-state index is 9.91. The monoisotopic (exact) mass is 287 g/mol. The van der Waals surface area contributed by atoms with Gasteiger partial charge in [-0.2, -0.15) is 0 Å². The molecule has 0 saturated carbocycles. The van der Waals surface area contributed by atoms with Crippen molar-refractivity contribution in [2.75, 3.05) is 18.8 Å². The highest BCUT2D eigenvalue weighted by molar-refractivity contribution is 7.99. The lowest BCUT2D eigenvalue weighted by Crippen LogP contribution is -2.29. The summed E-state index contributed by atoms with van der Waals surface area (Å²) < 4.78 is 0. The van der Waals surface area contributed by atoms with Crippen molar-refractivity contribution in [1.82, 2.24) is 5.32 Å². The molecular weight excluding hydrogens is 266 g/mol. The molecule has 1 heterocycles. The SMILES string of the molecule is Oc1ccc(SCCC2CCCNC2)c2ccccc12. The number of benzene rings is 2. The van der Waals surface area contributed by atoms with Gasteiger partial charge in [-0.25, -0.2) is 0 Å². The Morgan fingerprint density at radius 1 is 1.15 bits per heavy atom. The van der Waals surface area contributed by atoms with Crippen molar-refractivity contribution >= 4 is 22.5 Å². The number of rotatable bonds is 4. The molecule has 1 aliphatic heterocycles. The molecule has 1 atom stereocenters. The van der Waals surface area contributed by atoms with E-state index in [1.807, 2.05) is 42.1 Å². The van der Waals surface area contributed by atoms with E-state index < -0.39 is 0 Å². The highest BCUT2D eigenvalue weighted by Crippen LogP contribution is 2.34. The Balaban J connectivity index is 1.67. The summed E-state index contributed by atoms with van der Waals surface area (Å²) in [7, 11) is 0. The second-order valence-electron chi connectivity index (χ2n) is 5.48. The Labute approximate surface area is 124 Å². The van der Waals surface area contributed by atoms with Crippen LogP contribution in [0.15, 0.2) is 41.3 Å². The molecule has 0 spiro atoms. The first-order valence-corrected chi connectivity index (χ1v) is 8.37. The Morgan fingerprint density at radius 2 is 2.00 bits per heavy atom. The van der Waals surface area contributed by atoms with Crippen LogP contribution in [-0.4, -0.2) is 23.9 Å². The van der Waals surface area contributed by atoms with Crippen LogP contribution in [0, 0.1) is 5.92 Å². The Morgan fingerprint density at radius 3 is 2.80 bits per heavy atom. The molecule has 0 amide bonds. The number of thioether (sulfide) groups is 1. The van der Waals surface area contributed by atoms with Gasteiger partial charge in [0.25, 0.3) is 0 Å². The summed E-state index contributed by atoms with van der Waals surface area (Å²) in [5.74, 6) is 2.36. The lowest BCUT2D eigenvalue weighted by Gasteiger charge is -2.22. The molecule has 1 saturated heterocycles. The summed E-state index contributed by atoms with van der Waals surface area (Å²) >= 11 is 1.91. The second-order valence-corrected chi connectivity index (χ2v) is 6.61. The third kappa shape index (κ3) is 3.10. The number of hydrogen-bond acceptors (Lipinski definition) is 3. The number of phenolic OH excluding ortho intramolecular Hbond substituents is 1.